The first-order valence-corrected chi connectivity index (χ1v) is 19.3. The minimum atomic E-state index is -5.82. The summed E-state index contributed by atoms with van der Waals surface area (Å²) in [5.74, 6) is -2.30. The first-order valence-electron chi connectivity index (χ1n) is 14.8. The summed E-state index contributed by atoms with van der Waals surface area (Å²) < 4.78 is 84.6. The molecule has 0 radical (unpaired) electrons. The quantitative estimate of drug-likeness (QED) is 0.0954. The largest absolute Gasteiger partial charge is 0.490 e. The third-order valence-corrected chi connectivity index (χ3v) is 12.0. The predicted molar refractivity (Wildman–Crippen MR) is 173 cm³/mol. The fourth-order valence-corrected chi connectivity index (χ4v) is 9.22. The molecule has 1 saturated heterocycles. The molecular weight excluding hydrogens is 726 g/mol. The number of phosphoric acid groups is 2. The summed E-state index contributed by atoms with van der Waals surface area (Å²) in [6.45, 7) is 0.332. The minimum Gasteiger partial charge on any atom is -0.460 e. The fourth-order valence-electron chi connectivity index (χ4n) is 4.79. The maximum atomic E-state index is 14.0. The number of carbonyl (C=O) groups is 1. The number of nitrogens with zero attached hydrogens (tertiary/aromatic N) is 1. The van der Waals surface area contributed by atoms with Gasteiger partial charge >= 0.3 is 35.1 Å². The summed E-state index contributed by atoms with van der Waals surface area (Å²) in [5.41, 5.74) is -1.54. The maximum absolute atomic E-state index is 14.0. The number of benzene rings is 3. The molecule has 0 saturated carbocycles. The Balaban J connectivity index is 1.27. The van der Waals surface area contributed by atoms with Gasteiger partial charge in [-0.1, -0.05) is 66.7 Å². The zero-order chi connectivity index (χ0) is 36.1. The number of nitrogens with one attached hydrogen (secondary N) is 2. The van der Waals surface area contributed by atoms with Crippen LogP contribution < -0.4 is 20.9 Å². The Morgan fingerprint density at radius 1 is 1.00 bits per heavy atom. The standard InChI is InChI=1S/C29H31FN3O14P3/c1-19(28(35)42-17-20-8-3-2-4-9-20)32-48(37,45-25-13-7-11-21-10-5-6-12-23(21)25)46-50(40,41)47-49(38,39)43-18-22-14-15-26(44-22)33-16-24(30)27(34)31-29(33)36/h2-13,16,19,22,26H,14-15,17-18H2,1H3,(H,32,37)(H,38,39)(H,40,41)(H,31,34,36)/t19-,22-,26+,48?/m0/s1. The molecule has 4 N–H and O–H groups in total. The third-order valence-electron chi connectivity index (χ3n) is 7.06. The number of ether oxygens (including phenoxy) is 2. The normalized spacial score (nSPS) is 20.3. The van der Waals surface area contributed by atoms with Crippen molar-refractivity contribution in [3.05, 3.63) is 111 Å². The summed E-state index contributed by atoms with van der Waals surface area (Å²) in [4.78, 5) is 58.7. The molecule has 3 unspecified atom stereocenters. The number of aromatic amines is 1. The van der Waals surface area contributed by atoms with Gasteiger partial charge in [-0.05, 0) is 36.8 Å². The van der Waals surface area contributed by atoms with Crippen molar-refractivity contribution in [2.24, 2.45) is 0 Å². The molecule has 1 aromatic heterocycles. The molecule has 2 heterocycles. The molecule has 5 rings (SSSR count). The van der Waals surface area contributed by atoms with E-state index in [9.17, 15) is 42.3 Å². The Labute approximate surface area is 282 Å². The molecule has 1 fully saturated rings. The van der Waals surface area contributed by atoms with E-state index in [1.165, 1.54) is 19.1 Å². The number of H-pyrrole nitrogens is 1. The first kappa shape index (κ1) is 37.5. The van der Waals surface area contributed by atoms with Crippen LogP contribution in [0, 0.1) is 5.82 Å². The van der Waals surface area contributed by atoms with Crippen LogP contribution in [-0.4, -0.2) is 44.1 Å². The van der Waals surface area contributed by atoms with Crippen LogP contribution in [0.5, 0.6) is 5.75 Å². The Morgan fingerprint density at radius 3 is 2.46 bits per heavy atom. The molecule has 21 heteroatoms. The Kier molecular flexibility index (Phi) is 11.7. The van der Waals surface area contributed by atoms with Gasteiger partial charge < -0.3 is 23.8 Å². The lowest BCUT2D eigenvalue weighted by Crippen LogP contribution is -2.34. The van der Waals surface area contributed by atoms with E-state index in [4.69, 9.17) is 22.8 Å². The van der Waals surface area contributed by atoms with E-state index >= 15 is 0 Å². The number of hydrogen-bond donors (Lipinski definition) is 4. The summed E-state index contributed by atoms with van der Waals surface area (Å²) in [5, 5.41) is 3.22. The zero-order valence-electron chi connectivity index (χ0n) is 26.0. The Morgan fingerprint density at radius 2 is 1.70 bits per heavy atom. The van der Waals surface area contributed by atoms with E-state index in [-0.39, 0.29) is 25.2 Å². The lowest BCUT2D eigenvalue weighted by molar-refractivity contribution is -0.146. The van der Waals surface area contributed by atoms with Crippen LogP contribution in [0.3, 0.4) is 0 Å². The van der Waals surface area contributed by atoms with E-state index in [1.807, 2.05) is 0 Å². The number of hydrogen-bond acceptors (Lipinski definition) is 12. The van der Waals surface area contributed by atoms with Crippen LogP contribution >= 0.6 is 23.4 Å². The highest BCUT2D eigenvalue weighted by atomic mass is 31.3. The van der Waals surface area contributed by atoms with E-state index < -0.39 is 71.4 Å². The van der Waals surface area contributed by atoms with Crippen LogP contribution in [0.15, 0.2) is 88.6 Å². The minimum absolute atomic E-state index is 0.101. The SMILES string of the molecule is C[C@H](NP(=O)(Oc1cccc2ccccc12)OP(=O)(O)OP(=O)(O)OC[C@@H]1CC[C@H](n2cc(F)c(=O)[nH]c2=O)O1)C(=O)OCc1ccccc1. The van der Waals surface area contributed by atoms with Gasteiger partial charge in [0.1, 0.15) is 24.6 Å². The molecular formula is C29H31FN3O14P3. The monoisotopic (exact) mass is 757 g/mol. The second-order valence-corrected chi connectivity index (χ2v) is 15.7. The molecule has 0 amide bonds. The van der Waals surface area contributed by atoms with Crippen molar-refractivity contribution in [1.82, 2.24) is 14.6 Å². The summed E-state index contributed by atoms with van der Waals surface area (Å²) >= 11 is 0. The number of fused-ring (bicyclic) bond motifs is 1. The van der Waals surface area contributed by atoms with Gasteiger partial charge in [-0.25, -0.2) is 18.5 Å². The van der Waals surface area contributed by atoms with Crippen molar-refractivity contribution in [2.45, 2.75) is 44.7 Å². The van der Waals surface area contributed by atoms with Crippen molar-refractivity contribution in [3.8, 4) is 5.75 Å². The highest BCUT2D eigenvalue weighted by Crippen LogP contribution is 2.68. The molecule has 1 aliphatic rings. The molecule has 268 valence electrons. The van der Waals surface area contributed by atoms with Gasteiger partial charge in [-0.15, -0.1) is 0 Å². The highest BCUT2D eigenvalue weighted by Gasteiger charge is 2.45. The third kappa shape index (κ3) is 9.92. The Bertz CT molecular complexity index is 2110. The molecule has 3 aromatic carbocycles. The van der Waals surface area contributed by atoms with Gasteiger partial charge in [0.25, 0.3) is 5.56 Å². The van der Waals surface area contributed by atoms with Crippen LogP contribution in [0.1, 0.15) is 31.6 Å². The number of esters is 1. The van der Waals surface area contributed by atoms with Gasteiger partial charge in [0, 0.05) is 5.39 Å². The van der Waals surface area contributed by atoms with Crippen molar-refractivity contribution in [1.29, 1.82) is 0 Å². The van der Waals surface area contributed by atoms with E-state index in [1.54, 1.807) is 65.6 Å². The highest BCUT2D eigenvalue weighted by molar-refractivity contribution is 7.68. The van der Waals surface area contributed by atoms with Crippen molar-refractivity contribution in [3.63, 3.8) is 0 Å². The van der Waals surface area contributed by atoms with Crippen molar-refractivity contribution in [2.75, 3.05) is 6.61 Å². The average molecular weight is 757 g/mol. The summed E-state index contributed by atoms with van der Waals surface area (Å²) in [6, 6.07) is 18.4. The van der Waals surface area contributed by atoms with Crippen molar-refractivity contribution < 1.29 is 59.8 Å². The molecule has 50 heavy (non-hydrogen) atoms. The molecule has 4 aromatic rings. The van der Waals surface area contributed by atoms with Gasteiger partial charge in [0.15, 0.2) is 0 Å². The fraction of sp³-hybridized carbons (Fsp3) is 0.276. The average Bonchev–Trinajstić information content (AvgIpc) is 3.53. The van der Waals surface area contributed by atoms with E-state index in [2.05, 4.69) is 9.40 Å². The molecule has 17 nitrogen and oxygen atoms in total. The number of phosphoric ester groups is 1. The van der Waals surface area contributed by atoms with Crippen LogP contribution in [0.25, 0.3) is 10.8 Å². The smallest absolute Gasteiger partial charge is 0.460 e. The summed E-state index contributed by atoms with van der Waals surface area (Å²) in [7, 11) is -16.4. The predicted octanol–water partition coefficient (Wildman–Crippen LogP) is 4.67. The zero-order valence-corrected chi connectivity index (χ0v) is 28.7. The maximum Gasteiger partial charge on any atom is 0.490 e. The van der Waals surface area contributed by atoms with Gasteiger partial charge in [-0.2, -0.15) is 18.1 Å². The summed E-state index contributed by atoms with van der Waals surface area (Å²) in [6.07, 6.45) is -1.20. The first-order chi connectivity index (χ1) is 23.6. The second kappa shape index (κ2) is 15.6. The topological polar surface area (TPSA) is 231 Å². The molecule has 0 spiro atoms. The van der Waals surface area contributed by atoms with Gasteiger partial charge in [-0.3, -0.25) is 23.7 Å². The lowest BCUT2D eigenvalue weighted by atomic mass is 10.1. The molecule has 0 bridgehead atoms. The van der Waals surface area contributed by atoms with Crippen LogP contribution in [0.2, 0.25) is 0 Å². The lowest BCUT2D eigenvalue weighted by Gasteiger charge is -2.25. The second-order valence-electron chi connectivity index (χ2n) is 10.8. The number of carbonyl (C=O) groups excluding carboxylic acids is 1. The molecule has 6 atom stereocenters. The van der Waals surface area contributed by atoms with Crippen LogP contribution in [-0.2, 0) is 47.7 Å². The number of aromatic nitrogens is 2. The van der Waals surface area contributed by atoms with Gasteiger partial charge in [0.2, 0.25) is 5.82 Å². The molecule has 0 aliphatic carbocycles. The van der Waals surface area contributed by atoms with E-state index in [0.717, 1.165) is 4.57 Å². The van der Waals surface area contributed by atoms with E-state index in [0.29, 0.717) is 22.5 Å². The van der Waals surface area contributed by atoms with Crippen molar-refractivity contribution >= 4 is 40.1 Å². The Hall–Kier alpha value is -3.79. The van der Waals surface area contributed by atoms with Gasteiger partial charge in [0.05, 0.1) is 18.9 Å². The number of halogens is 1. The van der Waals surface area contributed by atoms with Crippen LogP contribution in [0.4, 0.5) is 4.39 Å². The number of rotatable bonds is 15. The molecule has 1 aliphatic heterocycles.